The van der Waals surface area contributed by atoms with Crippen molar-refractivity contribution in [3.63, 3.8) is 0 Å². The summed E-state index contributed by atoms with van der Waals surface area (Å²) < 4.78 is 0. The minimum Gasteiger partial charge on any atom is -0.508 e. The van der Waals surface area contributed by atoms with E-state index in [1.807, 2.05) is 91.0 Å². The number of carbonyl (C=O) groups is 1. The van der Waals surface area contributed by atoms with Gasteiger partial charge in [0.1, 0.15) is 5.75 Å². The predicted octanol–water partition coefficient (Wildman–Crippen LogP) is 5.38. The van der Waals surface area contributed by atoms with Crippen LogP contribution in [0.2, 0.25) is 0 Å². The molecule has 0 fully saturated rings. The summed E-state index contributed by atoms with van der Waals surface area (Å²) in [5.74, 6) is 0.135. The number of aryl methyl sites for hydroxylation is 1. The molecule has 0 saturated carbocycles. The standard InChI is InChI=1S/C26H23NO2/c28-23-17-16-20-11-7-8-14-22(20)25(23)26(21-12-5-2-6-13-21)27-24(29)18-15-19-9-3-1-4-10-19/h1-14,16-17,26,28H,15,18H2,(H,27,29). The molecule has 0 aromatic heterocycles. The summed E-state index contributed by atoms with van der Waals surface area (Å²) in [7, 11) is 0. The lowest BCUT2D eigenvalue weighted by molar-refractivity contribution is -0.121. The highest BCUT2D eigenvalue weighted by molar-refractivity contribution is 5.89. The van der Waals surface area contributed by atoms with E-state index in [9.17, 15) is 9.90 Å². The number of hydrogen-bond acceptors (Lipinski definition) is 2. The van der Waals surface area contributed by atoms with E-state index in [4.69, 9.17) is 0 Å². The number of carbonyl (C=O) groups excluding carboxylic acids is 1. The van der Waals surface area contributed by atoms with E-state index in [1.165, 1.54) is 0 Å². The zero-order chi connectivity index (χ0) is 20.1. The average molecular weight is 381 g/mol. The molecule has 0 aliphatic heterocycles. The van der Waals surface area contributed by atoms with Gasteiger partial charge in [-0.15, -0.1) is 0 Å². The molecule has 4 rings (SSSR count). The van der Waals surface area contributed by atoms with Crippen molar-refractivity contribution in [3.05, 3.63) is 114 Å². The molecule has 1 unspecified atom stereocenters. The third kappa shape index (κ3) is 4.30. The zero-order valence-electron chi connectivity index (χ0n) is 16.1. The summed E-state index contributed by atoms with van der Waals surface area (Å²) in [6.45, 7) is 0. The molecular weight excluding hydrogens is 358 g/mol. The molecule has 29 heavy (non-hydrogen) atoms. The van der Waals surface area contributed by atoms with Crippen LogP contribution in [0.1, 0.15) is 29.2 Å². The lowest BCUT2D eigenvalue weighted by atomic mass is 9.92. The number of fused-ring (bicyclic) bond motifs is 1. The number of benzene rings is 4. The van der Waals surface area contributed by atoms with Gasteiger partial charge in [-0.05, 0) is 34.4 Å². The fourth-order valence-electron chi connectivity index (χ4n) is 3.69. The van der Waals surface area contributed by atoms with Gasteiger partial charge in [0.2, 0.25) is 5.91 Å². The molecule has 0 heterocycles. The second-order valence-corrected chi connectivity index (χ2v) is 7.12. The van der Waals surface area contributed by atoms with Crippen molar-refractivity contribution in [2.24, 2.45) is 0 Å². The molecule has 144 valence electrons. The molecule has 0 radical (unpaired) electrons. The summed E-state index contributed by atoms with van der Waals surface area (Å²) in [5, 5.41) is 15.8. The lowest BCUT2D eigenvalue weighted by Gasteiger charge is -2.22. The number of rotatable bonds is 6. The molecule has 0 aliphatic carbocycles. The first kappa shape index (κ1) is 18.8. The number of phenols is 1. The first-order chi connectivity index (χ1) is 14.2. The number of nitrogens with one attached hydrogen (secondary N) is 1. The Morgan fingerprint density at radius 2 is 1.45 bits per heavy atom. The molecule has 0 saturated heterocycles. The number of hydrogen-bond donors (Lipinski definition) is 2. The van der Waals surface area contributed by atoms with E-state index in [0.717, 1.165) is 27.5 Å². The number of phenolic OH excluding ortho intramolecular Hbond substituents is 1. The maximum atomic E-state index is 12.8. The van der Waals surface area contributed by atoms with Gasteiger partial charge >= 0.3 is 0 Å². The molecule has 3 heteroatoms. The highest BCUT2D eigenvalue weighted by Gasteiger charge is 2.22. The van der Waals surface area contributed by atoms with Gasteiger partial charge in [0.15, 0.2) is 0 Å². The molecule has 3 nitrogen and oxygen atoms in total. The fraction of sp³-hybridized carbons (Fsp3) is 0.115. The smallest absolute Gasteiger partial charge is 0.221 e. The van der Waals surface area contributed by atoms with Gasteiger partial charge in [0, 0.05) is 12.0 Å². The first-order valence-electron chi connectivity index (χ1n) is 9.81. The summed E-state index contributed by atoms with van der Waals surface area (Å²) in [5.41, 5.74) is 2.79. The van der Waals surface area contributed by atoms with Crippen molar-refractivity contribution >= 4 is 16.7 Å². The van der Waals surface area contributed by atoms with Crippen LogP contribution in [-0.4, -0.2) is 11.0 Å². The molecule has 4 aromatic carbocycles. The molecule has 0 bridgehead atoms. The molecule has 1 amide bonds. The Balaban J connectivity index is 1.67. The van der Waals surface area contributed by atoms with E-state index in [-0.39, 0.29) is 11.7 Å². The topological polar surface area (TPSA) is 49.3 Å². The number of amides is 1. The van der Waals surface area contributed by atoms with Crippen LogP contribution in [0.4, 0.5) is 0 Å². The monoisotopic (exact) mass is 381 g/mol. The van der Waals surface area contributed by atoms with E-state index >= 15 is 0 Å². The Morgan fingerprint density at radius 3 is 2.21 bits per heavy atom. The summed E-state index contributed by atoms with van der Waals surface area (Å²) >= 11 is 0. The first-order valence-corrected chi connectivity index (χ1v) is 9.81. The van der Waals surface area contributed by atoms with Crippen molar-refractivity contribution in [1.29, 1.82) is 0 Å². The molecule has 1 atom stereocenters. The fourth-order valence-corrected chi connectivity index (χ4v) is 3.69. The van der Waals surface area contributed by atoms with Gasteiger partial charge < -0.3 is 10.4 Å². The van der Waals surface area contributed by atoms with Crippen LogP contribution in [0.15, 0.2) is 97.1 Å². The highest BCUT2D eigenvalue weighted by atomic mass is 16.3. The van der Waals surface area contributed by atoms with Crippen LogP contribution < -0.4 is 5.32 Å². The van der Waals surface area contributed by atoms with Gasteiger partial charge in [-0.1, -0.05) is 91.0 Å². The molecule has 2 N–H and O–H groups in total. The number of aromatic hydroxyl groups is 1. The van der Waals surface area contributed by atoms with Crippen LogP contribution in [0.25, 0.3) is 10.8 Å². The van der Waals surface area contributed by atoms with Crippen molar-refractivity contribution in [3.8, 4) is 5.75 Å². The van der Waals surface area contributed by atoms with Crippen LogP contribution in [-0.2, 0) is 11.2 Å². The lowest BCUT2D eigenvalue weighted by Crippen LogP contribution is -2.29. The Hall–Kier alpha value is -3.59. The van der Waals surface area contributed by atoms with E-state index in [2.05, 4.69) is 5.32 Å². The molecular formula is C26H23NO2. The van der Waals surface area contributed by atoms with Gasteiger partial charge in [-0.3, -0.25) is 4.79 Å². The molecule has 0 aliphatic rings. The third-order valence-corrected chi connectivity index (χ3v) is 5.16. The summed E-state index contributed by atoms with van der Waals surface area (Å²) in [6.07, 6.45) is 1.06. The SMILES string of the molecule is O=C(CCc1ccccc1)NC(c1ccccc1)c1c(O)ccc2ccccc12. The van der Waals surface area contributed by atoms with Crippen molar-refractivity contribution < 1.29 is 9.90 Å². The maximum absolute atomic E-state index is 12.8. The van der Waals surface area contributed by atoms with Crippen LogP contribution >= 0.6 is 0 Å². The molecule has 4 aromatic rings. The summed E-state index contributed by atoms with van der Waals surface area (Å²) in [6, 6.07) is 30.9. The second kappa shape index (κ2) is 8.61. The minimum absolute atomic E-state index is 0.0463. The quantitative estimate of drug-likeness (QED) is 0.471. The third-order valence-electron chi connectivity index (χ3n) is 5.16. The Labute approximate surface area is 170 Å². The normalized spacial score (nSPS) is 11.9. The summed E-state index contributed by atoms with van der Waals surface area (Å²) in [4.78, 5) is 12.8. The Bertz CT molecular complexity index is 1110. The zero-order valence-corrected chi connectivity index (χ0v) is 16.1. The van der Waals surface area contributed by atoms with E-state index in [1.54, 1.807) is 6.07 Å². The predicted molar refractivity (Wildman–Crippen MR) is 117 cm³/mol. The van der Waals surface area contributed by atoms with Crippen molar-refractivity contribution in [2.75, 3.05) is 0 Å². The van der Waals surface area contributed by atoms with E-state index in [0.29, 0.717) is 12.8 Å². The Morgan fingerprint density at radius 1 is 0.793 bits per heavy atom. The minimum atomic E-state index is -0.425. The Kier molecular flexibility index (Phi) is 5.57. The van der Waals surface area contributed by atoms with Crippen LogP contribution in [0.5, 0.6) is 5.75 Å². The second-order valence-electron chi connectivity index (χ2n) is 7.12. The van der Waals surface area contributed by atoms with Gasteiger partial charge in [0.05, 0.1) is 6.04 Å². The van der Waals surface area contributed by atoms with Gasteiger partial charge in [-0.2, -0.15) is 0 Å². The highest BCUT2D eigenvalue weighted by Crippen LogP contribution is 2.35. The van der Waals surface area contributed by atoms with Crippen LogP contribution in [0, 0.1) is 0 Å². The maximum Gasteiger partial charge on any atom is 0.221 e. The van der Waals surface area contributed by atoms with Gasteiger partial charge in [-0.25, -0.2) is 0 Å². The van der Waals surface area contributed by atoms with Crippen molar-refractivity contribution in [2.45, 2.75) is 18.9 Å². The van der Waals surface area contributed by atoms with E-state index < -0.39 is 6.04 Å². The van der Waals surface area contributed by atoms with Gasteiger partial charge in [0.25, 0.3) is 0 Å². The van der Waals surface area contributed by atoms with Crippen LogP contribution in [0.3, 0.4) is 0 Å². The van der Waals surface area contributed by atoms with Crippen molar-refractivity contribution in [1.82, 2.24) is 5.32 Å². The molecule has 0 spiro atoms. The largest absolute Gasteiger partial charge is 0.508 e. The average Bonchev–Trinajstić information content (AvgIpc) is 2.78.